The molecule has 3 rings (SSSR count). The number of ether oxygens (including phenoxy) is 1. The number of aryl methyl sites for hydroxylation is 1. The first-order valence-corrected chi connectivity index (χ1v) is 7.27. The quantitative estimate of drug-likeness (QED) is 0.775. The number of carbonyl (C=O) groups excluding carboxylic acids is 1. The predicted molar refractivity (Wildman–Crippen MR) is 89.9 cm³/mol. The third-order valence-electron chi connectivity index (χ3n) is 3.29. The summed E-state index contributed by atoms with van der Waals surface area (Å²) in [6.07, 6.45) is 3.16. The Morgan fingerprint density at radius 2 is 1.61 bits per heavy atom. The van der Waals surface area contributed by atoms with Gasteiger partial charge in [-0.25, -0.2) is 0 Å². The molecule has 0 bridgehead atoms. The van der Waals surface area contributed by atoms with E-state index in [0.29, 0.717) is 17.0 Å². The lowest BCUT2D eigenvalue weighted by Crippen LogP contribution is -2.11. The summed E-state index contributed by atoms with van der Waals surface area (Å²) in [5.74, 6) is 1.31. The third kappa shape index (κ3) is 3.95. The van der Waals surface area contributed by atoms with E-state index in [9.17, 15) is 4.79 Å². The van der Waals surface area contributed by atoms with Crippen LogP contribution in [0.3, 0.4) is 0 Å². The van der Waals surface area contributed by atoms with Gasteiger partial charge in [-0.05, 0) is 55.5 Å². The number of rotatable bonds is 4. The molecule has 0 saturated carbocycles. The van der Waals surface area contributed by atoms with Gasteiger partial charge in [0.05, 0.1) is 5.56 Å². The van der Waals surface area contributed by atoms with Crippen molar-refractivity contribution in [3.8, 4) is 11.5 Å². The molecule has 0 atom stereocenters. The van der Waals surface area contributed by atoms with E-state index in [2.05, 4.69) is 10.3 Å². The van der Waals surface area contributed by atoms with Gasteiger partial charge in [0.15, 0.2) is 0 Å². The standard InChI is InChI=1S/C19H16N2O2/c1-14-4-8-17(9-5-14)23-18-10-6-16(7-11-18)21-19(22)15-3-2-12-20-13-15/h2-13H,1H3,(H,21,22). The zero-order chi connectivity index (χ0) is 16.1. The number of nitrogens with zero attached hydrogens (tertiary/aromatic N) is 1. The first-order valence-electron chi connectivity index (χ1n) is 7.27. The van der Waals surface area contributed by atoms with Gasteiger partial charge in [-0.15, -0.1) is 0 Å². The van der Waals surface area contributed by atoms with Crippen molar-refractivity contribution >= 4 is 11.6 Å². The largest absolute Gasteiger partial charge is 0.457 e. The fourth-order valence-electron chi connectivity index (χ4n) is 2.05. The number of benzene rings is 2. The van der Waals surface area contributed by atoms with Crippen LogP contribution in [0, 0.1) is 6.92 Å². The minimum atomic E-state index is -0.190. The van der Waals surface area contributed by atoms with Crippen molar-refractivity contribution in [2.45, 2.75) is 6.92 Å². The molecule has 114 valence electrons. The molecule has 2 aromatic carbocycles. The summed E-state index contributed by atoms with van der Waals surface area (Å²) in [5, 5.41) is 2.82. The van der Waals surface area contributed by atoms with E-state index < -0.39 is 0 Å². The van der Waals surface area contributed by atoms with Gasteiger partial charge in [-0.3, -0.25) is 9.78 Å². The minimum Gasteiger partial charge on any atom is -0.457 e. The number of aromatic nitrogens is 1. The average molecular weight is 304 g/mol. The monoisotopic (exact) mass is 304 g/mol. The Kier molecular flexibility index (Phi) is 4.34. The second-order valence-corrected chi connectivity index (χ2v) is 5.14. The van der Waals surface area contributed by atoms with Crippen LogP contribution in [0.5, 0.6) is 11.5 Å². The number of hydrogen-bond acceptors (Lipinski definition) is 3. The third-order valence-corrected chi connectivity index (χ3v) is 3.29. The van der Waals surface area contributed by atoms with E-state index >= 15 is 0 Å². The molecule has 3 aromatic rings. The van der Waals surface area contributed by atoms with Gasteiger partial charge in [0.25, 0.3) is 5.91 Å². The maximum Gasteiger partial charge on any atom is 0.257 e. The van der Waals surface area contributed by atoms with Crippen LogP contribution in [0.15, 0.2) is 73.1 Å². The molecule has 1 heterocycles. The summed E-state index contributed by atoms with van der Waals surface area (Å²) in [5.41, 5.74) is 2.41. The molecule has 4 heteroatoms. The first kappa shape index (κ1) is 14.8. The van der Waals surface area contributed by atoms with Gasteiger partial charge in [-0.2, -0.15) is 0 Å². The zero-order valence-electron chi connectivity index (χ0n) is 12.7. The van der Waals surface area contributed by atoms with E-state index in [-0.39, 0.29) is 5.91 Å². The van der Waals surface area contributed by atoms with Gasteiger partial charge in [0.2, 0.25) is 0 Å². The highest BCUT2D eigenvalue weighted by molar-refractivity contribution is 6.04. The summed E-state index contributed by atoms with van der Waals surface area (Å²) in [7, 11) is 0. The second kappa shape index (κ2) is 6.75. The smallest absolute Gasteiger partial charge is 0.257 e. The molecule has 0 fully saturated rings. The SMILES string of the molecule is Cc1ccc(Oc2ccc(NC(=O)c3cccnc3)cc2)cc1. The molecule has 0 aliphatic carbocycles. The second-order valence-electron chi connectivity index (χ2n) is 5.14. The number of anilines is 1. The molecule has 0 unspecified atom stereocenters. The number of hydrogen-bond donors (Lipinski definition) is 1. The maximum absolute atomic E-state index is 12.0. The van der Waals surface area contributed by atoms with Crippen LogP contribution in [0.25, 0.3) is 0 Å². The van der Waals surface area contributed by atoms with Crippen molar-refractivity contribution < 1.29 is 9.53 Å². The highest BCUT2D eigenvalue weighted by Gasteiger charge is 2.05. The van der Waals surface area contributed by atoms with Crippen molar-refractivity contribution in [3.05, 3.63) is 84.2 Å². The van der Waals surface area contributed by atoms with E-state index in [0.717, 1.165) is 5.75 Å². The Balaban J connectivity index is 1.65. The fraction of sp³-hybridized carbons (Fsp3) is 0.0526. The lowest BCUT2D eigenvalue weighted by molar-refractivity contribution is 0.102. The molecular weight excluding hydrogens is 288 g/mol. The molecular formula is C19H16N2O2. The van der Waals surface area contributed by atoms with E-state index in [1.165, 1.54) is 11.8 Å². The molecule has 0 aliphatic rings. The summed E-state index contributed by atoms with van der Waals surface area (Å²) < 4.78 is 5.76. The number of amides is 1. The van der Waals surface area contributed by atoms with Crippen molar-refractivity contribution in [2.75, 3.05) is 5.32 Å². The predicted octanol–water partition coefficient (Wildman–Crippen LogP) is 4.43. The van der Waals surface area contributed by atoms with Crippen LogP contribution >= 0.6 is 0 Å². The highest BCUT2D eigenvalue weighted by atomic mass is 16.5. The molecule has 1 N–H and O–H groups in total. The summed E-state index contributed by atoms with van der Waals surface area (Å²) in [6, 6.07) is 18.5. The van der Waals surface area contributed by atoms with Crippen LogP contribution in [-0.4, -0.2) is 10.9 Å². The Morgan fingerprint density at radius 3 is 2.22 bits per heavy atom. The molecule has 0 radical (unpaired) electrons. The normalized spacial score (nSPS) is 10.1. The average Bonchev–Trinajstić information content (AvgIpc) is 2.59. The van der Waals surface area contributed by atoms with Crippen LogP contribution in [-0.2, 0) is 0 Å². The van der Waals surface area contributed by atoms with Crippen molar-refractivity contribution in [3.63, 3.8) is 0 Å². The number of nitrogens with one attached hydrogen (secondary N) is 1. The van der Waals surface area contributed by atoms with Gasteiger partial charge >= 0.3 is 0 Å². The Labute approximate surface area is 134 Å². The van der Waals surface area contributed by atoms with Gasteiger partial charge in [0, 0.05) is 18.1 Å². The molecule has 1 amide bonds. The van der Waals surface area contributed by atoms with Gasteiger partial charge < -0.3 is 10.1 Å². The van der Waals surface area contributed by atoms with Crippen LogP contribution in [0.2, 0.25) is 0 Å². The molecule has 4 nitrogen and oxygen atoms in total. The van der Waals surface area contributed by atoms with Gasteiger partial charge in [-0.1, -0.05) is 17.7 Å². The molecule has 23 heavy (non-hydrogen) atoms. The Hall–Kier alpha value is -3.14. The zero-order valence-corrected chi connectivity index (χ0v) is 12.7. The van der Waals surface area contributed by atoms with Crippen LogP contribution in [0.1, 0.15) is 15.9 Å². The summed E-state index contributed by atoms with van der Waals surface area (Å²) in [6.45, 7) is 2.03. The highest BCUT2D eigenvalue weighted by Crippen LogP contribution is 2.23. The number of pyridine rings is 1. The van der Waals surface area contributed by atoms with E-state index in [4.69, 9.17) is 4.74 Å². The fourth-order valence-corrected chi connectivity index (χ4v) is 2.05. The minimum absolute atomic E-state index is 0.190. The van der Waals surface area contributed by atoms with Crippen molar-refractivity contribution in [1.82, 2.24) is 4.98 Å². The van der Waals surface area contributed by atoms with Crippen molar-refractivity contribution in [1.29, 1.82) is 0 Å². The van der Waals surface area contributed by atoms with E-state index in [1.54, 1.807) is 30.5 Å². The molecule has 0 saturated heterocycles. The molecule has 0 aliphatic heterocycles. The van der Waals surface area contributed by atoms with Crippen LogP contribution < -0.4 is 10.1 Å². The van der Waals surface area contributed by atoms with Crippen molar-refractivity contribution in [2.24, 2.45) is 0 Å². The number of carbonyl (C=O) groups is 1. The topological polar surface area (TPSA) is 51.2 Å². The van der Waals surface area contributed by atoms with E-state index in [1.807, 2.05) is 43.3 Å². The first-order chi connectivity index (χ1) is 11.2. The summed E-state index contributed by atoms with van der Waals surface area (Å²) >= 11 is 0. The molecule has 0 spiro atoms. The summed E-state index contributed by atoms with van der Waals surface area (Å²) in [4.78, 5) is 16.0. The maximum atomic E-state index is 12.0. The Morgan fingerprint density at radius 1 is 0.957 bits per heavy atom. The Bertz CT molecular complexity index is 782. The lowest BCUT2D eigenvalue weighted by atomic mass is 10.2. The lowest BCUT2D eigenvalue weighted by Gasteiger charge is -2.08. The van der Waals surface area contributed by atoms with Crippen LogP contribution in [0.4, 0.5) is 5.69 Å². The molecule has 1 aromatic heterocycles. The van der Waals surface area contributed by atoms with Gasteiger partial charge in [0.1, 0.15) is 11.5 Å².